The molecule has 4 nitrogen and oxygen atoms in total. The smallest absolute Gasteiger partial charge is 0.306 e. The molecular weight excluding hydrogens is 440 g/mol. The Labute approximate surface area is 192 Å². The second-order valence-electron chi connectivity index (χ2n) is 7.67. The van der Waals surface area contributed by atoms with Crippen molar-refractivity contribution >= 4 is 29.2 Å². The number of carboxylic acids is 1. The lowest BCUT2D eigenvalue weighted by Crippen LogP contribution is -2.38. The Hall–Kier alpha value is -1.82. The summed E-state index contributed by atoms with van der Waals surface area (Å²) in [7, 11) is 0. The molecule has 2 aromatic carbocycles. The number of hydrogen-bond acceptors (Lipinski definition) is 3. The molecule has 4 rings (SSSR count). The number of nitrogens with zero attached hydrogens (tertiary/aromatic N) is 1. The van der Waals surface area contributed by atoms with Crippen LogP contribution in [0.15, 0.2) is 30.3 Å². The summed E-state index contributed by atoms with van der Waals surface area (Å²) in [4.78, 5) is 13.4. The summed E-state index contributed by atoms with van der Waals surface area (Å²) in [5.41, 5.74) is 2.36. The molecule has 1 aliphatic heterocycles. The fourth-order valence-electron chi connectivity index (χ4n) is 4.40. The van der Waals surface area contributed by atoms with Crippen molar-refractivity contribution in [2.24, 2.45) is 5.92 Å². The summed E-state index contributed by atoms with van der Waals surface area (Å²) in [5.74, 6) is -0.833. The number of rotatable bonds is 5. The zero-order valence-corrected chi connectivity index (χ0v) is 19.3. The van der Waals surface area contributed by atoms with Crippen LogP contribution in [-0.2, 0) is 17.8 Å². The van der Waals surface area contributed by atoms with E-state index in [0.717, 1.165) is 24.0 Å². The third kappa shape index (κ3) is 5.33. The SMILES string of the molecule is CC.O=C(O)C1CCN(C2CCc3cc(OCc4c(Cl)cccc4Cl)cc(F)c32)CC1. The van der Waals surface area contributed by atoms with E-state index >= 15 is 0 Å². The number of piperidine rings is 1. The quantitative estimate of drug-likeness (QED) is 0.543. The van der Waals surface area contributed by atoms with Crippen LogP contribution >= 0.6 is 23.2 Å². The molecule has 2 aliphatic rings. The van der Waals surface area contributed by atoms with Crippen molar-refractivity contribution in [3.63, 3.8) is 0 Å². The van der Waals surface area contributed by atoms with Crippen molar-refractivity contribution in [1.82, 2.24) is 4.90 Å². The monoisotopic (exact) mass is 467 g/mol. The van der Waals surface area contributed by atoms with E-state index in [0.29, 0.717) is 47.3 Å². The van der Waals surface area contributed by atoms with Crippen molar-refractivity contribution in [3.8, 4) is 5.75 Å². The van der Waals surface area contributed by atoms with Gasteiger partial charge in [-0.15, -0.1) is 0 Å². The van der Waals surface area contributed by atoms with Gasteiger partial charge in [-0.25, -0.2) is 4.39 Å². The van der Waals surface area contributed by atoms with Gasteiger partial charge in [0, 0.05) is 33.3 Å². The summed E-state index contributed by atoms with van der Waals surface area (Å²) in [6.45, 7) is 5.54. The maximum Gasteiger partial charge on any atom is 0.306 e. The molecule has 0 spiro atoms. The zero-order valence-electron chi connectivity index (χ0n) is 17.8. The van der Waals surface area contributed by atoms with Gasteiger partial charge in [-0.3, -0.25) is 9.69 Å². The fraction of sp³-hybridized carbons (Fsp3) is 0.458. The lowest BCUT2D eigenvalue weighted by atomic mass is 9.94. The van der Waals surface area contributed by atoms with E-state index in [-0.39, 0.29) is 24.4 Å². The average Bonchev–Trinajstić information content (AvgIpc) is 3.19. The van der Waals surface area contributed by atoms with Gasteiger partial charge in [-0.05, 0) is 62.5 Å². The Balaban J connectivity index is 0.00000132. The van der Waals surface area contributed by atoms with Gasteiger partial charge in [0.2, 0.25) is 0 Å². The molecule has 1 heterocycles. The first-order chi connectivity index (χ1) is 14.9. The molecule has 0 amide bonds. The Kier molecular flexibility index (Phi) is 8.20. The van der Waals surface area contributed by atoms with Gasteiger partial charge in [0.25, 0.3) is 0 Å². The van der Waals surface area contributed by atoms with Crippen LogP contribution in [0.5, 0.6) is 5.75 Å². The Morgan fingerprint density at radius 2 is 1.81 bits per heavy atom. The molecule has 1 saturated heterocycles. The van der Waals surface area contributed by atoms with E-state index < -0.39 is 5.97 Å². The number of ether oxygens (including phenoxy) is 1. The molecule has 0 radical (unpaired) electrons. The van der Waals surface area contributed by atoms with E-state index in [1.54, 1.807) is 18.2 Å². The van der Waals surface area contributed by atoms with Crippen LogP contribution in [0.2, 0.25) is 10.0 Å². The van der Waals surface area contributed by atoms with E-state index in [1.165, 1.54) is 6.07 Å². The third-order valence-corrected chi connectivity index (χ3v) is 6.68. The molecule has 1 N–H and O–H groups in total. The van der Waals surface area contributed by atoms with Crippen LogP contribution in [-0.4, -0.2) is 29.1 Å². The molecule has 0 saturated carbocycles. The van der Waals surface area contributed by atoms with Crippen LogP contribution in [0, 0.1) is 11.7 Å². The van der Waals surface area contributed by atoms with Gasteiger partial charge in [0.05, 0.1) is 5.92 Å². The summed E-state index contributed by atoms with van der Waals surface area (Å²) in [6, 6.07) is 8.58. The summed E-state index contributed by atoms with van der Waals surface area (Å²) < 4.78 is 20.8. The molecule has 1 atom stereocenters. The lowest BCUT2D eigenvalue weighted by molar-refractivity contribution is -0.143. The minimum atomic E-state index is -0.733. The second-order valence-corrected chi connectivity index (χ2v) is 8.48. The number of aryl methyl sites for hydroxylation is 1. The Morgan fingerprint density at radius 3 is 2.42 bits per heavy atom. The van der Waals surface area contributed by atoms with Crippen LogP contribution in [0.3, 0.4) is 0 Å². The molecule has 2 aromatic rings. The number of fused-ring (bicyclic) bond motifs is 1. The minimum Gasteiger partial charge on any atom is -0.489 e. The Bertz CT molecular complexity index is 909. The summed E-state index contributed by atoms with van der Waals surface area (Å²) >= 11 is 12.3. The van der Waals surface area contributed by atoms with Gasteiger partial charge >= 0.3 is 5.97 Å². The third-order valence-electron chi connectivity index (χ3n) is 5.97. The predicted octanol–water partition coefficient (Wildman–Crippen LogP) is 6.52. The van der Waals surface area contributed by atoms with Gasteiger partial charge < -0.3 is 9.84 Å². The summed E-state index contributed by atoms with van der Waals surface area (Å²) in [6.07, 6.45) is 2.84. The fourth-order valence-corrected chi connectivity index (χ4v) is 4.90. The van der Waals surface area contributed by atoms with E-state index in [4.69, 9.17) is 27.9 Å². The molecule has 1 unspecified atom stereocenters. The Morgan fingerprint density at radius 1 is 1.16 bits per heavy atom. The first-order valence-electron chi connectivity index (χ1n) is 10.8. The molecule has 0 aromatic heterocycles. The predicted molar refractivity (Wildman–Crippen MR) is 122 cm³/mol. The van der Waals surface area contributed by atoms with E-state index in [1.807, 2.05) is 19.9 Å². The average molecular weight is 468 g/mol. The lowest BCUT2D eigenvalue weighted by Gasteiger charge is -2.35. The first kappa shape index (κ1) is 23.8. The van der Waals surface area contributed by atoms with E-state index in [9.17, 15) is 14.3 Å². The van der Waals surface area contributed by atoms with Crippen LogP contribution in [0.4, 0.5) is 4.39 Å². The molecule has 31 heavy (non-hydrogen) atoms. The molecular formula is C24H28Cl2FNO3. The van der Waals surface area contributed by atoms with Crippen LogP contribution in [0.25, 0.3) is 0 Å². The summed E-state index contributed by atoms with van der Waals surface area (Å²) in [5, 5.41) is 10.2. The first-order valence-corrected chi connectivity index (χ1v) is 11.5. The van der Waals surface area contributed by atoms with Crippen molar-refractivity contribution < 1.29 is 19.0 Å². The number of carboxylic acid groups (broad SMARTS) is 1. The maximum absolute atomic E-state index is 15.0. The number of likely N-dealkylation sites (tertiary alicyclic amines) is 1. The highest BCUT2D eigenvalue weighted by Crippen LogP contribution is 2.41. The van der Waals surface area contributed by atoms with Gasteiger partial charge in [0.1, 0.15) is 18.2 Å². The number of halogens is 3. The topological polar surface area (TPSA) is 49.8 Å². The molecule has 1 aliphatic carbocycles. The number of benzene rings is 2. The minimum absolute atomic E-state index is 0.00630. The van der Waals surface area contributed by atoms with Crippen LogP contribution < -0.4 is 4.74 Å². The normalized spacial score (nSPS) is 18.8. The highest BCUT2D eigenvalue weighted by atomic mass is 35.5. The van der Waals surface area contributed by atoms with Gasteiger partial charge in [-0.1, -0.05) is 43.1 Å². The standard InChI is InChI=1S/C22H22Cl2FNO3.C2H6/c23-17-2-1-3-18(24)16(17)12-29-15-10-14-4-5-20(21(14)19(25)11-15)26-8-6-13(7-9-26)22(27)28;1-2/h1-3,10-11,13,20H,4-9,12H2,(H,27,28);1-2H3. The van der Waals surface area contributed by atoms with Crippen molar-refractivity contribution in [3.05, 3.63) is 62.9 Å². The van der Waals surface area contributed by atoms with Crippen LogP contribution in [0.1, 0.15) is 55.8 Å². The highest BCUT2D eigenvalue weighted by molar-refractivity contribution is 6.35. The largest absolute Gasteiger partial charge is 0.489 e. The van der Waals surface area contributed by atoms with E-state index in [2.05, 4.69) is 4.90 Å². The molecule has 168 valence electrons. The van der Waals surface area contributed by atoms with Crippen molar-refractivity contribution in [2.75, 3.05) is 13.1 Å². The number of aliphatic carboxylic acids is 1. The second kappa shape index (κ2) is 10.7. The number of carbonyl (C=O) groups is 1. The molecule has 1 fully saturated rings. The van der Waals surface area contributed by atoms with Crippen molar-refractivity contribution in [2.45, 2.75) is 52.2 Å². The maximum atomic E-state index is 15.0. The zero-order chi connectivity index (χ0) is 22.5. The van der Waals surface area contributed by atoms with Gasteiger partial charge in [-0.2, -0.15) is 0 Å². The van der Waals surface area contributed by atoms with Crippen molar-refractivity contribution in [1.29, 1.82) is 0 Å². The highest BCUT2D eigenvalue weighted by Gasteiger charge is 2.34. The van der Waals surface area contributed by atoms with Gasteiger partial charge in [0.15, 0.2) is 0 Å². The molecule has 7 heteroatoms. The molecule has 0 bridgehead atoms. The number of hydrogen-bond donors (Lipinski definition) is 1.